The summed E-state index contributed by atoms with van der Waals surface area (Å²) in [6, 6.07) is 15.4. The van der Waals surface area contributed by atoms with Crippen LogP contribution in [0.5, 0.6) is 0 Å². The second-order valence-electron chi connectivity index (χ2n) is 3.73. The van der Waals surface area contributed by atoms with Crippen LogP contribution in [0.1, 0.15) is 5.56 Å². The van der Waals surface area contributed by atoms with Gasteiger partial charge in [-0.15, -0.1) is 0 Å². The molecule has 88 valence electrons. The lowest BCUT2D eigenvalue weighted by Gasteiger charge is -2.02. The molecule has 0 saturated heterocycles. The molecular weight excluding hydrogens is 226 g/mol. The Morgan fingerprint density at radius 3 is 2.67 bits per heavy atom. The number of nitrogens with zero attached hydrogens (tertiary/aromatic N) is 1. The molecule has 18 heavy (non-hydrogen) atoms. The summed E-state index contributed by atoms with van der Waals surface area (Å²) in [5.74, 6) is -0.620. The molecular formula is C15H11NO2. The molecule has 2 rings (SSSR count). The average molecular weight is 237 g/mol. The van der Waals surface area contributed by atoms with E-state index in [1.807, 2.05) is 48.5 Å². The first kappa shape index (κ1) is 11.9. The smallest absolute Gasteiger partial charge is 0.348 e. The van der Waals surface area contributed by atoms with Gasteiger partial charge in [-0.05, 0) is 22.4 Å². The third-order valence-electron chi connectivity index (χ3n) is 2.65. The number of rotatable bonds is 2. The summed E-state index contributed by atoms with van der Waals surface area (Å²) in [7, 11) is 1.26. The van der Waals surface area contributed by atoms with Crippen LogP contribution in [0.3, 0.4) is 0 Å². The minimum absolute atomic E-state index is 0.00569. The summed E-state index contributed by atoms with van der Waals surface area (Å²) in [4.78, 5) is 11.4. The van der Waals surface area contributed by atoms with E-state index < -0.39 is 5.97 Å². The van der Waals surface area contributed by atoms with Gasteiger partial charge in [0.15, 0.2) is 0 Å². The normalized spacial score (nSPS) is 11.0. The number of ether oxygens (including phenoxy) is 1. The first-order chi connectivity index (χ1) is 8.76. The quantitative estimate of drug-likeness (QED) is 0.458. The van der Waals surface area contributed by atoms with Crippen LogP contribution >= 0.6 is 0 Å². The van der Waals surface area contributed by atoms with Crippen LogP contribution < -0.4 is 0 Å². The lowest BCUT2D eigenvalue weighted by atomic mass is 10.0. The average Bonchev–Trinajstić information content (AvgIpc) is 2.44. The van der Waals surface area contributed by atoms with Gasteiger partial charge in [0.05, 0.1) is 7.11 Å². The first-order valence-corrected chi connectivity index (χ1v) is 5.44. The second kappa shape index (κ2) is 5.15. The Morgan fingerprint density at radius 2 is 1.94 bits per heavy atom. The topological polar surface area (TPSA) is 50.1 Å². The number of fused-ring (bicyclic) bond motifs is 1. The molecule has 0 aliphatic carbocycles. The van der Waals surface area contributed by atoms with Gasteiger partial charge in [0.25, 0.3) is 0 Å². The largest absolute Gasteiger partial charge is 0.465 e. The van der Waals surface area contributed by atoms with Gasteiger partial charge in [0, 0.05) is 0 Å². The minimum atomic E-state index is -0.620. The number of nitriles is 1. The van der Waals surface area contributed by atoms with Gasteiger partial charge in [0.1, 0.15) is 11.6 Å². The van der Waals surface area contributed by atoms with Crippen LogP contribution in [-0.2, 0) is 9.53 Å². The highest BCUT2D eigenvalue weighted by Crippen LogP contribution is 2.20. The molecule has 0 aliphatic heterocycles. The Bertz CT molecular complexity index is 660. The van der Waals surface area contributed by atoms with Crippen LogP contribution in [0.4, 0.5) is 0 Å². The molecule has 2 aromatic carbocycles. The van der Waals surface area contributed by atoms with E-state index >= 15 is 0 Å². The monoisotopic (exact) mass is 237 g/mol. The molecule has 0 amide bonds. The zero-order chi connectivity index (χ0) is 13.0. The molecule has 3 nitrogen and oxygen atoms in total. The Kier molecular flexibility index (Phi) is 3.40. The number of hydrogen-bond donors (Lipinski definition) is 0. The van der Waals surface area contributed by atoms with Gasteiger partial charge in [-0.3, -0.25) is 0 Å². The van der Waals surface area contributed by atoms with Crippen LogP contribution in [0.2, 0.25) is 0 Å². The lowest BCUT2D eigenvalue weighted by Crippen LogP contribution is -2.02. The molecule has 2 aromatic rings. The highest BCUT2D eigenvalue weighted by atomic mass is 16.5. The van der Waals surface area contributed by atoms with Gasteiger partial charge in [-0.2, -0.15) is 5.26 Å². The fraction of sp³-hybridized carbons (Fsp3) is 0.0667. The number of methoxy groups -OCH3 is 1. The van der Waals surface area contributed by atoms with E-state index in [0.29, 0.717) is 0 Å². The maximum absolute atomic E-state index is 11.4. The molecule has 0 unspecified atom stereocenters. The third kappa shape index (κ3) is 2.23. The van der Waals surface area contributed by atoms with E-state index in [9.17, 15) is 4.79 Å². The van der Waals surface area contributed by atoms with Gasteiger partial charge < -0.3 is 4.74 Å². The number of benzene rings is 2. The van der Waals surface area contributed by atoms with Crippen LogP contribution in [-0.4, -0.2) is 13.1 Å². The SMILES string of the molecule is COC(=O)C(C#N)=Cc1cccc2ccccc12. The fourth-order valence-electron chi connectivity index (χ4n) is 1.78. The van der Waals surface area contributed by atoms with Crippen molar-refractivity contribution in [3.63, 3.8) is 0 Å². The molecule has 0 saturated carbocycles. The summed E-state index contributed by atoms with van der Waals surface area (Å²) in [5.41, 5.74) is 0.823. The predicted octanol–water partition coefficient (Wildman–Crippen LogP) is 2.92. The Hall–Kier alpha value is -2.60. The molecule has 0 aliphatic rings. The maximum Gasteiger partial charge on any atom is 0.348 e. The van der Waals surface area contributed by atoms with Crippen molar-refractivity contribution in [2.45, 2.75) is 0 Å². The highest BCUT2D eigenvalue weighted by Gasteiger charge is 2.09. The third-order valence-corrected chi connectivity index (χ3v) is 2.65. The molecule has 0 atom stereocenters. The molecule has 3 heteroatoms. The fourth-order valence-corrected chi connectivity index (χ4v) is 1.78. The van der Waals surface area contributed by atoms with Gasteiger partial charge >= 0.3 is 5.97 Å². The standard InChI is InChI=1S/C15H11NO2/c1-18-15(17)13(10-16)9-12-7-4-6-11-5-2-3-8-14(11)12/h2-9H,1H3. The molecule has 0 N–H and O–H groups in total. The van der Waals surface area contributed by atoms with E-state index in [0.717, 1.165) is 16.3 Å². The van der Waals surface area contributed by atoms with E-state index in [2.05, 4.69) is 4.74 Å². The molecule has 0 bridgehead atoms. The number of carbonyl (C=O) groups is 1. The molecule has 0 heterocycles. The lowest BCUT2D eigenvalue weighted by molar-refractivity contribution is -0.135. The van der Waals surface area contributed by atoms with Crippen molar-refractivity contribution in [3.05, 3.63) is 53.6 Å². The zero-order valence-corrected chi connectivity index (χ0v) is 9.88. The summed E-state index contributed by atoms with van der Waals surface area (Å²) in [5, 5.41) is 11.0. The first-order valence-electron chi connectivity index (χ1n) is 5.44. The van der Waals surface area contributed by atoms with E-state index in [-0.39, 0.29) is 5.57 Å². The Morgan fingerprint density at radius 1 is 1.22 bits per heavy atom. The number of hydrogen-bond acceptors (Lipinski definition) is 3. The summed E-state index contributed by atoms with van der Waals surface area (Å²) < 4.78 is 4.56. The minimum Gasteiger partial charge on any atom is -0.465 e. The molecule has 0 aromatic heterocycles. The van der Waals surface area contributed by atoms with E-state index in [4.69, 9.17) is 5.26 Å². The van der Waals surface area contributed by atoms with Crippen molar-refractivity contribution < 1.29 is 9.53 Å². The van der Waals surface area contributed by atoms with Gasteiger partial charge in [-0.25, -0.2) is 4.79 Å². The zero-order valence-electron chi connectivity index (χ0n) is 9.88. The summed E-state index contributed by atoms with van der Waals surface area (Å²) in [6.45, 7) is 0. The van der Waals surface area contributed by atoms with Crippen molar-refractivity contribution in [1.82, 2.24) is 0 Å². The van der Waals surface area contributed by atoms with Gasteiger partial charge in [-0.1, -0.05) is 42.5 Å². The summed E-state index contributed by atoms with van der Waals surface area (Å²) in [6.07, 6.45) is 1.55. The van der Waals surface area contributed by atoms with Crippen LogP contribution in [0.25, 0.3) is 16.8 Å². The predicted molar refractivity (Wildman–Crippen MR) is 69.6 cm³/mol. The van der Waals surface area contributed by atoms with Crippen molar-refractivity contribution in [2.24, 2.45) is 0 Å². The van der Waals surface area contributed by atoms with Crippen molar-refractivity contribution in [2.75, 3.05) is 7.11 Å². The van der Waals surface area contributed by atoms with Gasteiger partial charge in [0.2, 0.25) is 0 Å². The summed E-state index contributed by atoms with van der Waals surface area (Å²) >= 11 is 0. The van der Waals surface area contributed by atoms with E-state index in [1.165, 1.54) is 7.11 Å². The Balaban J connectivity index is 2.59. The maximum atomic E-state index is 11.4. The molecule has 0 radical (unpaired) electrons. The van der Waals surface area contributed by atoms with Crippen molar-refractivity contribution in [3.8, 4) is 6.07 Å². The number of carbonyl (C=O) groups excluding carboxylic acids is 1. The Labute approximate surface area is 105 Å². The molecule has 0 spiro atoms. The van der Waals surface area contributed by atoms with Crippen LogP contribution in [0, 0.1) is 11.3 Å². The second-order valence-corrected chi connectivity index (χ2v) is 3.73. The van der Waals surface area contributed by atoms with E-state index in [1.54, 1.807) is 6.08 Å². The highest BCUT2D eigenvalue weighted by molar-refractivity contribution is 6.01. The van der Waals surface area contributed by atoms with Crippen molar-refractivity contribution >= 4 is 22.8 Å². The molecule has 0 fully saturated rings. The number of esters is 1. The van der Waals surface area contributed by atoms with Crippen molar-refractivity contribution in [1.29, 1.82) is 5.26 Å². The van der Waals surface area contributed by atoms with Crippen LogP contribution in [0.15, 0.2) is 48.0 Å².